The van der Waals surface area contributed by atoms with Crippen LogP contribution in [0.25, 0.3) is 22.3 Å². The molecule has 5 rings (SSSR count). The minimum absolute atomic E-state index is 0.942. The summed E-state index contributed by atoms with van der Waals surface area (Å²) in [6.07, 6.45) is 0. The molecule has 4 aromatic rings. The summed E-state index contributed by atoms with van der Waals surface area (Å²) in [5, 5.41) is 12.2. The predicted octanol–water partition coefficient (Wildman–Crippen LogP) is 6.97. The highest BCUT2D eigenvalue weighted by atomic mass is 16.3. The van der Waals surface area contributed by atoms with Crippen LogP contribution >= 0.6 is 0 Å². The molecule has 0 unspecified atom stereocenters. The van der Waals surface area contributed by atoms with E-state index < -0.39 is 5.60 Å². The third-order valence-electron chi connectivity index (χ3n) is 5.97. The van der Waals surface area contributed by atoms with Crippen molar-refractivity contribution >= 4 is 22.3 Å². The monoisotopic (exact) mass is 400 g/mol. The first-order valence-corrected chi connectivity index (χ1v) is 10.6. The molecule has 0 saturated carbocycles. The fraction of sp³-hybridized carbons (Fsp3) is 0.0667. The molecule has 1 aliphatic carbocycles. The molecule has 31 heavy (non-hydrogen) atoms. The Morgan fingerprint density at radius 3 is 0.968 bits per heavy atom. The van der Waals surface area contributed by atoms with Gasteiger partial charge >= 0.3 is 0 Å². The van der Waals surface area contributed by atoms with Gasteiger partial charge in [-0.15, -0.1) is 0 Å². The van der Waals surface area contributed by atoms with Crippen molar-refractivity contribution in [2.75, 3.05) is 0 Å². The van der Waals surface area contributed by atoms with Gasteiger partial charge in [0.15, 0.2) is 0 Å². The van der Waals surface area contributed by atoms with Gasteiger partial charge in [-0.05, 0) is 40.3 Å². The van der Waals surface area contributed by atoms with Gasteiger partial charge in [0.05, 0.1) is 0 Å². The van der Waals surface area contributed by atoms with Gasteiger partial charge in [0.25, 0.3) is 0 Å². The predicted molar refractivity (Wildman–Crippen MR) is 130 cm³/mol. The SMILES string of the molecule is CC1(O)C(c2ccccc2)=C(c2ccccc2)C(c2ccccc2)=C1c1ccccc1. The van der Waals surface area contributed by atoms with E-state index in [1.807, 2.05) is 55.5 Å². The molecule has 0 fully saturated rings. The highest BCUT2D eigenvalue weighted by molar-refractivity contribution is 6.30. The van der Waals surface area contributed by atoms with Crippen molar-refractivity contribution in [1.29, 1.82) is 0 Å². The summed E-state index contributed by atoms with van der Waals surface area (Å²) >= 11 is 0. The molecule has 0 radical (unpaired) electrons. The summed E-state index contributed by atoms with van der Waals surface area (Å²) in [7, 11) is 0. The molecule has 1 heteroatoms. The van der Waals surface area contributed by atoms with Gasteiger partial charge in [0.2, 0.25) is 0 Å². The number of hydrogen-bond acceptors (Lipinski definition) is 1. The van der Waals surface area contributed by atoms with E-state index in [1.54, 1.807) is 0 Å². The van der Waals surface area contributed by atoms with E-state index in [9.17, 15) is 5.11 Å². The van der Waals surface area contributed by atoms with Gasteiger partial charge < -0.3 is 5.11 Å². The molecule has 0 aromatic heterocycles. The molecule has 4 aromatic carbocycles. The van der Waals surface area contributed by atoms with Crippen molar-refractivity contribution in [1.82, 2.24) is 0 Å². The van der Waals surface area contributed by atoms with Crippen LogP contribution in [0.1, 0.15) is 29.2 Å². The Balaban J connectivity index is 1.92. The maximum atomic E-state index is 12.2. The number of benzene rings is 4. The lowest BCUT2D eigenvalue weighted by Crippen LogP contribution is -2.25. The van der Waals surface area contributed by atoms with E-state index in [1.165, 1.54) is 0 Å². The summed E-state index contributed by atoms with van der Waals surface area (Å²) in [4.78, 5) is 0. The van der Waals surface area contributed by atoms with Crippen molar-refractivity contribution in [2.45, 2.75) is 12.5 Å². The van der Waals surface area contributed by atoms with Crippen LogP contribution in [0.15, 0.2) is 121 Å². The van der Waals surface area contributed by atoms with Gasteiger partial charge in [0, 0.05) is 11.1 Å². The zero-order valence-corrected chi connectivity index (χ0v) is 17.5. The van der Waals surface area contributed by atoms with Crippen LogP contribution in [-0.4, -0.2) is 10.7 Å². The molecule has 1 N–H and O–H groups in total. The molecule has 150 valence electrons. The summed E-state index contributed by atoms with van der Waals surface area (Å²) in [5.74, 6) is 0. The lowest BCUT2D eigenvalue weighted by Gasteiger charge is -2.27. The van der Waals surface area contributed by atoms with Crippen molar-refractivity contribution in [3.05, 3.63) is 144 Å². The summed E-state index contributed by atoms with van der Waals surface area (Å²) in [5.41, 5.74) is 7.17. The van der Waals surface area contributed by atoms with Crippen LogP contribution in [0.3, 0.4) is 0 Å². The summed E-state index contributed by atoms with van der Waals surface area (Å²) < 4.78 is 0. The molecule has 0 aliphatic heterocycles. The van der Waals surface area contributed by atoms with Crippen molar-refractivity contribution in [3.8, 4) is 0 Å². The zero-order valence-electron chi connectivity index (χ0n) is 17.5. The first kappa shape index (κ1) is 19.3. The lowest BCUT2D eigenvalue weighted by atomic mass is 9.83. The van der Waals surface area contributed by atoms with Gasteiger partial charge in [-0.25, -0.2) is 0 Å². The normalized spacial score (nSPS) is 15.4. The Labute approximate surface area is 183 Å². The Hall–Kier alpha value is -3.68. The topological polar surface area (TPSA) is 20.2 Å². The van der Waals surface area contributed by atoms with Gasteiger partial charge in [-0.1, -0.05) is 121 Å². The molecular formula is C30H24O. The summed E-state index contributed by atoms with van der Waals surface area (Å²) in [6.45, 7) is 1.93. The molecule has 0 heterocycles. The van der Waals surface area contributed by atoms with Gasteiger partial charge in [-0.2, -0.15) is 0 Å². The Bertz CT molecular complexity index is 1150. The third kappa shape index (κ3) is 3.34. The van der Waals surface area contributed by atoms with E-state index >= 15 is 0 Å². The lowest BCUT2D eigenvalue weighted by molar-refractivity contribution is 0.187. The molecule has 0 atom stereocenters. The molecule has 1 nitrogen and oxygen atoms in total. The first-order valence-electron chi connectivity index (χ1n) is 10.6. The number of allylic oxidation sites excluding steroid dienone is 2. The smallest absolute Gasteiger partial charge is 0.114 e. The molecule has 0 saturated heterocycles. The van der Waals surface area contributed by atoms with Crippen LogP contribution < -0.4 is 0 Å². The first-order chi connectivity index (χ1) is 15.2. The molecular weight excluding hydrogens is 376 g/mol. The van der Waals surface area contributed by atoms with E-state index in [0.29, 0.717) is 0 Å². The molecule has 0 spiro atoms. The minimum atomic E-state index is -1.15. The Morgan fingerprint density at radius 2 is 0.677 bits per heavy atom. The highest BCUT2D eigenvalue weighted by Gasteiger charge is 2.43. The van der Waals surface area contributed by atoms with Crippen molar-refractivity contribution in [3.63, 3.8) is 0 Å². The van der Waals surface area contributed by atoms with Crippen LogP contribution in [0, 0.1) is 0 Å². The Morgan fingerprint density at radius 1 is 0.419 bits per heavy atom. The second-order valence-electron chi connectivity index (χ2n) is 8.04. The van der Waals surface area contributed by atoms with E-state index in [2.05, 4.69) is 72.8 Å². The fourth-order valence-corrected chi connectivity index (χ4v) is 4.71. The van der Waals surface area contributed by atoms with Crippen LogP contribution in [-0.2, 0) is 0 Å². The average molecular weight is 401 g/mol. The minimum Gasteiger partial charge on any atom is -0.381 e. The van der Waals surface area contributed by atoms with Gasteiger partial charge in [0.1, 0.15) is 5.60 Å². The molecule has 1 aliphatic rings. The standard InChI is InChI=1S/C30H24O/c1-30(31)28(24-18-10-4-11-19-24)26(22-14-6-2-7-15-22)27(23-16-8-3-9-17-23)29(30)25-20-12-5-13-21-25/h2-21,31H,1H3. The largest absolute Gasteiger partial charge is 0.381 e. The zero-order chi connectivity index (χ0) is 21.3. The van der Waals surface area contributed by atoms with Crippen LogP contribution in [0.2, 0.25) is 0 Å². The molecule has 0 bridgehead atoms. The van der Waals surface area contributed by atoms with Crippen LogP contribution in [0.4, 0.5) is 0 Å². The van der Waals surface area contributed by atoms with E-state index in [4.69, 9.17) is 0 Å². The average Bonchev–Trinajstić information content (AvgIpc) is 3.08. The van der Waals surface area contributed by atoms with Crippen molar-refractivity contribution in [2.24, 2.45) is 0 Å². The second kappa shape index (κ2) is 7.86. The Kier molecular flexibility index (Phi) is 4.89. The number of rotatable bonds is 4. The third-order valence-corrected chi connectivity index (χ3v) is 5.97. The number of aliphatic hydroxyl groups is 1. The van der Waals surface area contributed by atoms with Gasteiger partial charge in [-0.3, -0.25) is 0 Å². The number of hydrogen-bond donors (Lipinski definition) is 1. The van der Waals surface area contributed by atoms with E-state index in [-0.39, 0.29) is 0 Å². The second-order valence-corrected chi connectivity index (χ2v) is 8.04. The van der Waals surface area contributed by atoms with Crippen LogP contribution in [0.5, 0.6) is 0 Å². The van der Waals surface area contributed by atoms with E-state index in [0.717, 1.165) is 44.5 Å². The summed E-state index contributed by atoms with van der Waals surface area (Å²) in [6, 6.07) is 41.3. The maximum absolute atomic E-state index is 12.2. The fourth-order valence-electron chi connectivity index (χ4n) is 4.71. The molecule has 0 amide bonds. The highest BCUT2D eigenvalue weighted by Crippen LogP contribution is 2.56. The van der Waals surface area contributed by atoms with Crippen molar-refractivity contribution < 1.29 is 5.11 Å². The quantitative estimate of drug-likeness (QED) is 0.392. The maximum Gasteiger partial charge on any atom is 0.114 e.